The topological polar surface area (TPSA) is 44.3 Å². The van der Waals surface area contributed by atoms with Crippen LogP contribution in [0.2, 0.25) is 0 Å². The van der Waals surface area contributed by atoms with Crippen LogP contribution in [0.4, 0.5) is 0 Å². The molecule has 34 heavy (non-hydrogen) atoms. The molecule has 0 aliphatic carbocycles. The summed E-state index contributed by atoms with van der Waals surface area (Å²) < 4.78 is 0. The van der Waals surface area contributed by atoms with Crippen LogP contribution in [-0.4, -0.2) is 34.9 Å². The highest BCUT2D eigenvalue weighted by Gasteiger charge is 2.26. The summed E-state index contributed by atoms with van der Waals surface area (Å²) in [7, 11) is 4.28. The first kappa shape index (κ1) is 25.5. The van der Waals surface area contributed by atoms with Gasteiger partial charge in [-0.2, -0.15) is 5.10 Å². The Bertz CT molecular complexity index is 1140. The highest BCUT2D eigenvalue weighted by molar-refractivity contribution is 5.93. The number of aromatic amines is 1. The van der Waals surface area contributed by atoms with E-state index in [1.807, 2.05) is 6.92 Å². The van der Waals surface area contributed by atoms with E-state index in [2.05, 4.69) is 112 Å². The van der Waals surface area contributed by atoms with Crippen molar-refractivity contribution in [1.82, 2.24) is 15.1 Å². The zero-order valence-corrected chi connectivity index (χ0v) is 21.9. The molecular weight excluding hydrogens is 416 g/mol. The number of rotatable bonds is 7. The lowest BCUT2D eigenvalue weighted by Crippen LogP contribution is -2.24. The van der Waals surface area contributed by atoms with Gasteiger partial charge < -0.3 is 4.90 Å². The molecule has 1 aliphatic heterocycles. The van der Waals surface area contributed by atoms with E-state index >= 15 is 0 Å². The maximum Gasteiger partial charge on any atom is 0.0709 e. The number of H-pyrrole nitrogens is 1. The average molecular weight is 457 g/mol. The number of allylic oxidation sites excluding steroid dienone is 5. The number of nitrogens with one attached hydrogen (secondary N) is 1. The lowest BCUT2D eigenvalue weighted by Gasteiger charge is -2.26. The van der Waals surface area contributed by atoms with Crippen LogP contribution in [0.15, 0.2) is 71.0 Å². The number of hydrogen-bond acceptors (Lipinski definition) is 3. The summed E-state index contributed by atoms with van der Waals surface area (Å²) in [5.41, 5.74) is 10.4. The normalized spacial score (nSPS) is 18.1. The van der Waals surface area contributed by atoms with Gasteiger partial charge in [-0.3, -0.25) is 10.1 Å². The standard InChI is InChI=1S/C30H40N4/c1-9-25-19-27(34(7)8)15-13-21(4)28(16-14-24-11-10-12-26(18-24)20(2)3)31-30(25)23(6)29-17-22(5)32-33-29/h10-12,14-18,23,25H,2,9,13,19H2,1,3-8H3,(H,32,33)/b16-14+,27-15?,28-21?,31-30?. The van der Waals surface area contributed by atoms with E-state index < -0.39 is 0 Å². The summed E-state index contributed by atoms with van der Waals surface area (Å²) in [5, 5.41) is 7.69. The highest BCUT2D eigenvalue weighted by atomic mass is 15.1. The van der Waals surface area contributed by atoms with Crippen LogP contribution >= 0.6 is 0 Å². The third kappa shape index (κ3) is 6.25. The fourth-order valence-electron chi connectivity index (χ4n) is 4.39. The molecule has 1 aromatic heterocycles. The van der Waals surface area contributed by atoms with Gasteiger partial charge >= 0.3 is 0 Å². The van der Waals surface area contributed by atoms with E-state index in [-0.39, 0.29) is 5.92 Å². The molecular formula is C30H40N4. The summed E-state index contributed by atoms with van der Waals surface area (Å²) >= 11 is 0. The summed E-state index contributed by atoms with van der Waals surface area (Å²) in [6.45, 7) is 14.9. The van der Waals surface area contributed by atoms with Gasteiger partial charge in [0.05, 0.1) is 11.4 Å². The second kappa shape index (κ2) is 11.3. The highest BCUT2D eigenvalue weighted by Crippen LogP contribution is 2.31. The number of aliphatic imine (C=N–C) groups is 1. The first-order valence-electron chi connectivity index (χ1n) is 12.3. The Morgan fingerprint density at radius 3 is 2.62 bits per heavy atom. The lowest BCUT2D eigenvalue weighted by molar-refractivity contribution is 0.455. The Kier molecular flexibility index (Phi) is 8.49. The molecule has 180 valence electrons. The Morgan fingerprint density at radius 2 is 2.00 bits per heavy atom. The van der Waals surface area contributed by atoms with Gasteiger partial charge in [0.15, 0.2) is 0 Å². The van der Waals surface area contributed by atoms with Gasteiger partial charge in [0, 0.05) is 43.0 Å². The second-order valence-corrected chi connectivity index (χ2v) is 9.74. The van der Waals surface area contributed by atoms with Gasteiger partial charge in [0.25, 0.3) is 0 Å². The molecule has 2 atom stereocenters. The van der Waals surface area contributed by atoms with Crippen molar-refractivity contribution in [3.8, 4) is 0 Å². The summed E-state index contributed by atoms with van der Waals surface area (Å²) in [6.07, 6.45) is 9.63. The van der Waals surface area contributed by atoms with Crippen LogP contribution in [-0.2, 0) is 0 Å². The van der Waals surface area contributed by atoms with Gasteiger partial charge in [-0.05, 0) is 74.9 Å². The molecule has 0 bridgehead atoms. The van der Waals surface area contributed by atoms with Crippen molar-refractivity contribution in [3.05, 3.63) is 88.5 Å². The van der Waals surface area contributed by atoms with E-state index in [1.54, 1.807) is 0 Å². The smallest absolute Gasteiger partial charge is 0.0709 e. The predicted octanol–water partition coefficient (Wildman–Crippen LogP) is 7.55. The Hall–Kier alpha value is -3.14. The quantitative estimate of drug-likeness (QED) is 0.467. The van der Waals surface area contributed by atoms with Crippen molar-refractivity contribution in [2.24, 2.45) is 10.9 Å². The van der Waals surface area contributed by atoms with Crippen molar-refractivity contribution in [3.63, 3.8) is 0 Å². The maximum atomic E-state index is 5.37. The fourth-order valence-corrected chi connectivity index (χ4v) is 4.39. The molecule has 1 aromatic carbocycles. The molecule has 0 saturated heterocycles. The van der Waals surface area contributed by atoms with E-state index in [4.69, 9.17) is 4.99 Å². The van der Waals surface area contributed by atoms with E-state index in [9.17, 15) is 0 Å². The van der Waals surface area contributed by atoms with Crippen LogP contribution in [0.25, 0.3) is 11.6 Å². The maximum absolute atomic E-state index is 5.37. The minimum absolute atomic E-state index is 0.138. The van der Waals surface area contributed by atoms with E-state index in [1.165, 1.54) is 22.5 Å². The SMILES string of the molecule is C=C(C)c1cccc(/C=C/C2=C(C)CC=C(N(C)C)CC(CC)C(C(C)c3cc(C)[nH]n3)=N2)c1. The summed E-state index contributed by atoms with van der Waals surface area (Å²) in [5.74, 6) is 0.487. The second-order valence-electron chi connectivity index (χ2n) is 9.74. The molecule has 1 aliphatic rings. The summed E-state index contributed by atoms with van der Waals surface area (Å²) in [6, 6.07) is 10.6. The van der Waals surface area contributed by atoms with Crippen molar-refractivity contribution < 1.29 is 0 Å². The van der Waals surface area contributed by atoms with Gasteiger partial charge in [-0.1, -0.05) is 56.4 Å². The number of aryl methyl sites for hydroxylation is 1. The fraction of sp³-hybridized carbons (Fsp3) is 0.400. The number of benzene rings is 1. The largest absolute Gasteiger partial charge is 0.381 e. The monoisotopic (exact) mass is 456 g/mol. The number of hydrogen-bond donors (Lipinski definition) is 1. The van der Waals surface area contributed by atoms with Crippen LogP contribution < -0.4 is 0 Å². The summed E-state index contributed by atoms with van der Waals surface area (Å²) in [4.78, 5) is 7.62. The Morgan fingerprint density at radius 1 is 1.24 bits per heavy atom. The molecule has 4 nitrogen and oxygen atoms in total. The van der Waals surface area contributed by atoms with Crippen molar-refractivity contribution in [1.29, 1.82) is 0 Å². The molecule has 3 rings (SSSR count). The van der Waals surface area contributed by atoms with E-state index in [0.29, 0.717) is 5.92 Å². The first-order valence-corrected chi connectivity index (χ1v) is 12.3. The minimum atomic E-state index is 0.138. The zero-order valence-electron chi connectivity index (χ0n) is 21.9. The molecule has 4 heteroatoms. The predicted molar refractivity (Wildman–Crippen MR) is 147 cm³/mol. The molecule has 2 unspecified atom stereocenters. The minimum Gasteiger partial charge on any atom is -0.381 e. The molecule has 2 heterocycles. The van der Waals surface area contributed by atoms with Crippen LogP contribution in [0.3, 0.4) is 0 Å². The molecule has 0 radical (unpaired) electrons. The average Bonchev–Trinajstić information content (AvgIpc) is 3.27. The third-order valence-electron chi connectivity index (χ3n) is 6.70. The van der Waals surface area contributed by atoms with Gasteiger partial charge in [-0.25, -0.2) is 0 Å². The van der Waals surface area contributed by atoms with Crippen molar-refractivity contribution >= 4 is 17.4 Å². The molecule has 0 amide bonds. The molecule has 0 spiro atoms. The van der Waals surface area contributed by atoms with Crippen molar-refractivity contribution in [2.75, 3.05) is 14.1 Å². The lowest BCUT2D eigenvalue weighted by atomic mass is 9.85. The molecule has 1 N–H and O–H groups in total. The first-order chi connectivity index (χ1) is 16.2. The van der Waals surface area contributed by atoms with Crippen LogP contribution in [0, 0.1) is 12.8 Å². The van der Waals surface area contributed by atoms with Gasteiger partial charge in [-0.15, -0.1) is 0 Å². The van der Waals surface area contributed by atoms with Crippen LogP contribution in [0.5, 0.6) is 0 Å². The number of aromatic nitrogens is 2. The molecule has 0 saturated carbocycles. The van der Waals surface area contributed by atoms with Crippen molar-refractivity contribution in [2.45, 2.75) is 59.8 Å². The Labute approximate surface area is 205 Å². The third-order valence-corrected chi connectivity index (χ3v) is 6.70. The number of nitrogens with zero attached hydrogens (tertiary/aromatic N) is 3. The van der Waals surface area contributed by atoms with Gasteiger partial charge in [0.1, 0.15) is 0 Å². The van der Waals surface area contributed by atoms with E-state index in [0.717, 1.165) is 47.5 Å². The zero-order chi connectivity index (χ0) is 24.8. The van der Waals surface area contributed by atoms with Crippen LogP contribution in [0.1, 0.15) is 75.4 Å². The van der Waals surface area contributed by atoms with Gasteiger partial charge in [0.2, 0.25) is 0 Å². The Balaban J connectivity index is 2.10. The molecule has 2 aromatic rings. The molecule has 0 fully saturated rings.